The molecule has 0 aliphatic heterocycles. The van der Waals surface area contributed by atoms with Crippen molar-refractivity contribution in [2.45, 2.75) is 20.4 Å². The highest BCUT2D eigenvalue weighted by Crippen LogP contribution is 2.29. The van der Waals surface area contributed by atoms with Crippen LogP contribution in [-0.2, 0) is 6.54 Å². The first-order valence-electron chi connectivity index (χ1n) is 9.09. The number of hydrogen-bond acceptors (Lipinski definition) is 6. The number of pyridine rings is 1. The maximum atomic E-state index is 12.6. The molecular formula is C21H24N4O2S. The molecule has 0 unspecified atom stereocenters. The number of aryl methyl sites for hydroxylation is 1. The van der Waals surface area contributed by atoms with Gasteiger partial charge in [0.05, 0.1) is 12.3 Å². The van der Waals surface area contributed by atoms with Crippen LogP contribution in [0.25, 0.3) is 10.6 Å². The van der Waals surface area contributed by atoms with E-state index in [-0.39, 0.29) is 5.91 Å². The lowest BCUT2D eigenvalue weighted by Gasteiger charge is -2.11. The van der Waals surface area contributed by atoms with Crippen LogP contribution in [0, 0.1) is 6.92 Å². The van der Waals surface area contributed by atoms with Gasteiger partial charge in [-0.25, -0.2) is 9.97 Å². The predicted octanol–water partition coefficient (Wildman–Crippen LogP) is 3.91. The van der Waals surface area contributed by atoms with Gasteiger partial charge in [-0.1, -0.05) is 6.07 Å². The fraction of sp³-hybridized carbons (Fsp3) is 0.286. The molecule has 0 fully saturated rings. The predicted molar refractivity (Wildman–Crippen MR) is 113 cm³/mol. The van der Waals surface area contributed by atoms with Gasteiger partial charge in [0.1, 0.15) is 21.5 Å². The van der Waals surface area contributed by atoms with E-state index in [9.17, 15) is 4.79 Å². The molecule has 146 valence electrons. The van der Waals surface area contributed by atoms with Crippen LogP contribution in [-0.4, -0.2) is 36.6 Å². The Morgan fingerprint density at radius 1 is 1.18 bits per heavy atom. The molecule has 0 atom stereocenters. The van der Waals surface area contributed by atoms with Crippen LogP contribution >= 0.6 is 11.3 Å². The number of thiazole rings is 1. The van der Waals surface area contributed by atoms with Crippen molar-refractivity contribution in [3.05, 3.63) is 58.7 Å². The number of aromatic nitrogens is 2. The van der Waals surface area contributed by atoms with Crippen LogP contribution in [0.5, 0.6) is 5.75 Å². The van der Waals surface area contributed by atoms with E-state index in [1.807, 2.05) is 69.2 Å². The molecule has 3 aromatic rings. The molecule has 2 aromatic heterocycles. The van der Waals surface area contributed by atoms with E-state index in [4.69, 9.17) is 4.74 Å². The molecule has 0 spiro atoms. The summed E-state index contributed by atoms with van der Waals surface area (Å²) in [7, 11) is 3.89. The third-order valence-corrected chi connectivity index (χ3v) is 5.34. The average Bonchev–Trinajstić information content (AvgIpc) is 3.09. The van der Waals surface area contributed by atoms with Gasteiger partial charge in [-0.3, -0.25) is 4.79 Å². The lowest BCUT2D eigenvalue weighted by atomic mass is 10.2. The van der Waals surface area contributed by atoms with E-state index in [2.05, 4.69) is 15.3 Å². The number of anilines is 1. The highest BCUT2D eigenvalue weighted by molar-refractivity contribution is 7.17. The van der Waals surface area contributed by atoms with Gasteiger partial charge in [-0.2, -0.15) is 0 Å². The Hall–Kier alpha value is -2.93. The molecule has 1 amide bonds. The smallest absolute Gasteiger partial charge is 0.263 e. The Bertz CT molecular complexity index is 934. The van der Waals surface area contributed by atoms with Crippen molar-refractivity contribution >= 4 is 23.1 Å². The summed E-state index contributed by atoms with van der Waals surface area (Å²) in [5.41, 5.74) is 2.65. The molecule has 2 heterocycles. The van der Waals surface area contributed by atoms with Gasteiger partial charge in [0.15, 0.2) is 0 Å². The second-order valence-electron chi connectivity index (χ2n) is 6.49. The normalized spacial score (nSPS) is 10.6. The molecule has 0 radical (unpaired) electrons. The van der Waals surface area contributed by atoms with Crippen LogP contribution in [0.4, 0.5) is 5.82 Å². The molecule has 1 N–H and O–H groups in total. The summed E-state index contributed by atoms with van der Waals surface area (Å²) in [4.78, 5) is 24.1. The first-order valence-corrected chi connectivity index (χ1v) is 9.90. The van der Waals surface area contributed by atoms with Gasteiger partial charge in [0.2, 0.25) is 0 Å². The van der Waals surface area contributed by atoms with Gasteiger partial charge >= 0.3 is 0 Å². The number of amides is 1. The minimum absolute atomic E-state index is 0.121. The van der Waals surface area contributed by atoms with E-state index < -0.39 is 0 Å². The van der Waals surface area contributed by atoms with E-state index in [1.165, 1.54) is 11.3 Å². The summed E-state index contributed by atoms with van der Waals surface area (Å²) in [6.07, 6.45) is 1.78. The van der Waals surface area contributed by atoms with Crippen molar-refractivity contribution in [1.29, 1.82) is 0 Å². The van der Waals surface area contributed by atoms with E-state index in [1.54, 1.807) is 6.20 Å². The number of hydrogen-bond donors (Lipinski definition) is 1. The van der Waals surface area contributed by atoms with Gasteiger partial charge in [0.25, 0.3) is 5.91 Å². The number of nitrogens with one attached hydrogen (secondary N) is 1. The number of rotatable bonds is 7. The molecule has 0 saturated heterocycles. The van der Waals surface area contributed by atoms with Crippen LogP contribution in [0.1, 0.15) is 27.9 Å². The summed E-state index contributed by atoms with van der Waals surface area (Å²) in [6, 6.07) is 11.7. The Labute approximate surface area is 169 Å². The second-order valence-corrected chi connectivity index (χ2v) is 7.49. The third-order valence-electron chi connectivity index (χ3n) is 4.14. The van der Waals surface area contributed by atoms with Crippen molar-refractivity contribution in [1.82, 2.24) is 15.3 Å². The van der Waals surface area contributed by atoms with Gasteiger partial charge in [-0.05, 0) is 49.7 Å². The Morgan fingerprint density at radius 2 is 1.93 bits per heavy atom. The van der Waals surface area contributed by atoms with E-state index in [0.717, 1.165) is 33.4 Å². The molecule has 28 heavy (non-hydrogen) atoms. The van der Waals surface area contributed by atoms with E-state index in [0.29, 0.717) is 18.0 Å². The lowest BCUT2D eigenvalue weighted by molar-refractivity contribution is 0.0954. The molecule has 3 rings (SSSR count). The molecular weight excluding hydrogens is 372 g/mol. The largest absolute Gasteiger partial charge is 0.494 e. The van der Waals surface area contributed by atoms with Crippen molar-refractivity contribution in [3.63, 3.8) is 0 Å². The van der Waals surface area contributed by atoms with Crippen molar-refractivity contribution in [3.8, 4) is 16.3 Å². The highest BCUT2D eigenvalue weighted by Gasteiger charge is 2.16. The third kappa shape index (κ3) is 4.67. The first kappa shape index (κ1) is 19.8. The summed E-state index contributed by atoms with van der Waals surface area (Å²) >= 11 is 1.40. The zero-order valence-electron chi connectivity index (χ0n) is 16.5. The van der Waals surface area contributed by atoms with Crippen LogP contribution in [0.3, 0.4) is 0 Å². The first-order chi connectivity index (χ1) is 13.5. The molecule has 0 saturated carbocycles. The Morgan fingerprint density at radius 3 is 2.54 bits per heavy atom. The average molecular weight is 397 g/mol. The zero-order valence-corrected chi connectivity index (χ0v) is 17.3. The molecule has 0 aliphatic rings. The molecule has 0 bridgehead atoms. The fourth-order valence-corrected chi connectivity index (χ4v) is 3.63. The maximum Gasteiger partial charge on any atom is 0.263 e. The quantitative estimate of drug-likeness (QED) is 0.656. The van der Waals surface area contributed by atoms with Crippen LogP contribution in [0.2, 0.25) is 0 Å². The molecule has 6 nitrogen and oxygen atoms in total. The summed E-state index contributed by atoms with van der Waals surface area (Å²) < 4.78 is 5.47. The summed E-state index contributed by atoms with van der Waals surface area (Å²) in [6.45, 7) is 4.87. The monoisotopic (exact) mass is 396 g/mol. The van der Waals surface area contributed by atoms with Gasteiger partial charge in [-0.15, -0.1) is 11.3 Å². The molecule has 1 aromatic carbocycles. The number of carbonyl (C=O) groups is 1. The van der Waals surface area contributed by atoms with Crippen LogP contribution < -0.4 is 15.0 Å². The van der Waals surface area contributed by atoms with Crippen LogP contribution in [0.15, 0.2) is 42.6 Å². The highest BCUT2D eigenvalue weighted by atomic mass is 32.1. The molecule has 0 aliphatic carbocycles. The minimum Gasteiger partial charge on any atom is -0.494 e. The number of ether oxygens (including phenoxy) is 1. The van der Waals surface area contributed by atoms with Crippen molar-refractivity contribution < 1.29 is 9.53 Å². The Balaban J connectivity index is 1.67. The van der Waals surface area contributed by atoms with Gasteiger partial charge in [0, 0.05) is 32.4 Å². The maximum absolute atomic E-state index is 12.6. The van der Waals surface area contributed by atoms with E-state index >= 15 is 0 Å². The van der Waals surface area contributed by atoms with Crippen molar-refractivity contribution in [2.75, 3.05) is 25.6 Å². The van der Waals surface area contributed by atoms with Gasteiger partial charge < -0.3 is 15.0 Å². The summed E-state index contributed by atoms with van der Waals surface area (Å²) in [5.74, 6) is 1.59. The minimum atomic E-state index is -0.121. The standard InChI is InChI=1S/C21H24N4O2S/c1-5-27-17-9-7-16(8-10-17)21-24-14(2)19(28-21)20(26)23-13-15-6-11-18(22-12-15)25(3)4/h6-12H,5,13H2,1-4H3,(H,23,26). The Kier molecular flexibility index (Phi) is 6.26. The van der Waals surface area contributed by atoms with Crippen molar-refractivity contribution in [2.24, 2.45) is 0 Å². The second kappa shape index (κ2) is 8.84. The number of carbonyl (C=O) groups excluding carboxylic acids is 1. The fourth-order valence-electron chi connectivity index (χ4n) is 2.64. The SMILES string of the molecule is CCOc1ccc(-c2nc(C)c(C(=O)NCc3ccc(N(C)C)nc3)s2)cc1. The molecule has 7 heteroatoms. The number of nitrogens with zero attached hydrogens (tertiary/aromatic N) is 3. The lowest BCUT2D eigenvalue weighted by Crippen LogP contribution is -2.22. The number of benzene rings is 1. The zero-order chi connectivity index (χ0) is 20.1. The summed E-state index contributed by atoms with van der Waals surface area (Å²) in [5, 5.41) is 3.78. The topological polar surface area (TPSA) is 67.3 Å².